The van der Waals surface area contributed by atoms with Crippen molar-refractivity contribution in [2.45, 2.75) is 38.3 Å². The minimum Gasteiger partial charge on any atom is -0.449 e. The van der Waals surface area contributed by atoms with Gasteiger partial charge >= 0.3 is 5.97 Å². The summed E-state index contributed by atoms with van der Waals surface area (Å²) in [5, 5.41) is 13.6. The normalized spacial score (nSPS) is 16.7. The van der Waals surface area contributed by atoms with Crippen LogP contribution in [0.25, 0.3) is 0 Å². The molecule has 0 aliphatic heterocycles. The van der Waals surface area contributed by atoms with E-state index in [1.165, 1.54) is 36.8 Å². The molecule has 0 bridgehead atoms. The summed E-state index contributed by atoms with van der Waals surface area (Å²) in [6.45, 7) is 1.51. The Labute approximate surface area is 156 Å². The monoisotopic (exact) mass is 368 g/mol. The molecule has 0 heterocycles. The standard InChI is InChI=1S/C20H20N2O5/c1-13(27-20(24)15-9-11-16(12-10-15)22(25)26)19(23)21-18-8-4-6-14-5-2-3-7-17(14)18/h2-3,5,7,9-13,18H,4,6,8H2,1H3,(H,21,23). The maximum Gasteiger partial charge on any atom is 0.338 e. The quantitative estimate of drug-likeness (QED) is 0.496. The Morgan fingerprint density at radius 3 is 2.59 bits per heavy atom. The molecule has 2 aromatic rings. The van der Waals surface area contributed by atoms with E-state index in [0.29, 0.717) is 0 Å². The molecule has 1 amide bonds. The highest BCUT2D eigenvalue weighted by Gasteiger charge is 2.25. The van der Waals surface area contributed by atoms with Crippen LogP contribution in [0.4, 0.5) is 5.69 Å². The van der Waals surface area contributed by atoms with Gasteiger partial charge in [-0.3, -0.25) is 14.9 Å². The van der Waals surface area contributed by atoms with Gasteiger partial charge in [-0.2, -0.15) is 0 Å². The van der Waals surface area contributed by atoms with Crippen LogP contribution in [0.2, 0.25) is 0 Å². The van der Waals surface area contributed by atoms with E-state index in [0.717, 1.165) is 24.8 Å². The number of esters is 1. The van der Waals surface area contributed by atoms with Gasteiger partial charge in [-0.1, -0.05) is 24.3 Å². The lowest BCUT2D eigenvalue weighted by molar-refractivity contribution is -0.384. The summed E-state index contributed by atoms with van der Waals surface area (Å²) in [4.78, 5) is 34.7. The van der Waals surface area contributed by atoms with Crippen LogP contribution >= 0.6 is 0 Å². The number of rotatable bonds is 5. The number of carbonyl (C=O) groups is 2. The topological polar surface area (TPSA) is 98.5 Å². The van der Waals surface area contributed by atoms with Gasteiger partial charge in [-0.15, -0.1) is 0 Å². The number of hydrogen-bond donors (Lipinski definition) is 1. The molecule has 27 heavy (non-hydrogen) atoms. The molecule has 0 saturated carbocycles. The first-order valence-electron chi connectivity index (χ1n) is 8.79. The van der Waals surface area contributed by atoms with Crippen LogP contribution < -0.4 is 5.32 Å². The third kappa shape index (κ3) is 4.31. The first-order valence-corrected chi connectivity index (χ1v) is 8.79. The molecule has 7 nitrogen and oxygen atoms in total. The number of nitrogens with zero attached hydrogens (tertiary/aromatic N) is 1. The Morgan fingerprint density at radius 1 is 1.19 bits per heavy atom. The number of nitro groups is 1. The van der Waals surface area contributed by atoms with Gasteiger partial charge in [0.15, 0.2) is 6.10 Å². The zero-order valence-corrected chi connectivity index (χ0v) is 14.9. The summed E-state index contributed by atoms with van der Waals surface area (Å²) >= 11 is 0. The molecule has 1 aliphatic rings. The third-order valence-corrected chi connectivity index (χ3v) is 4.65. The summed E-state index contributed by atoms with van der Waals surface area (Å²) in [6, 6.07) is 13.0. The number of non-ortho nitro benzene ring substituents is 1. The second-order valence-corrected chi connectivity index (χ2v) is 6.50. The van der Waals surface area contributed by atoms with Crippen molar-refractivity contribution in [2.24, 2.45) is 0 Å². The van der Waals surface area contributed by atoms with E-state index >= 15 is 0 Å². The fourth-order valence-corrected chi connectivity index (χ4v) is 3.19. The number of amides is 1. The average molecular weight is 368 g/mol. The fourth-order valence-electron chi connectivity index (χ4n) is 3.19. The van der Waals surface area contributed by atoms with Crippen molar-refractivity contribution in [1.29, 1.82) is 0 Å². The summed E-state index contributed by atoms with van der Waals surface area (Å²) in [7, 11) is 0. The van der Waals surface area contributed by atoms with Crippen LogP contribution in [0.1, 0.15) is 47.3 Å². The second kappa shape index (κ2) is 7.99. The van der Waals surface area contributed by atoms with Gasteiger partial charge in [0, 0.05) is 12.1 Å². The average Bonchev–Trinajstić information content (AvgIpc) is 2.68. The first-order chi connectivity index (χ1) is 13.0. The lowest BCUT2D eigenvalue weighted by Crippen LogP contribution is -2.39. The maximum atomic E-state index is 12.5. The number of nitrogens with one attached hydrogen (secondary N) is 1. The van der Waals surface area contributed by atoms with Crippen LogP contribution in [0, 0.1) is 10.1 Å². The van der Waals surface area contributed by atoms with Crippen molar-refractivity contribution in [3.63, 3.8) is 0 Å². The van der Waals surface area contributed by atoms with Crippen LogP contribution in [0.3, 0.4) is 0 Å². The third-order valence-electron chi connectivity index (χ3n) is 4.65. The molecule has 140 valence electrons. The lowest BCUT2D eigenvalue weighted by atomic mass is 9.87. The van der Waals surface area contributed by atoms with Crippen molar-refractivity contribution < 1.29 is 19.2 Å². The Morgan fingerprint density at radius 2 is 1.89 bits per heavy atom. The number of fused-ring (bicyclic) bond motifs is 1. The van der Waals surface area contributed by atoms with Crippen molar-refractivity contribution in [2.75, 3.05) is 0 Å². The molecule has 2 atom stereocenters. The summed E-state index contributed by atoms with van der Waals surface area (Å²) < 4.78 is 5.21. The predicted molar refractivity (Wildman–Crippen MR) is 98.2 cm³/mol. The molecular weight excluding hydrogens is 348 g/mol. The molecule has 7 heteroatoms. The Kier molecular flexibility index (Phi) is 5.49. The molecule has 0 spiro atoms. The second-order valence-electron chi connectivity index (χ2n) is 6.50. The summed E-state index contributed by atoms with van der Waals surface area (Å²) in [5.41, 5.74) is 2.37. The number of hydrogen-bond acceptors (Lipinski definition) is 5. The minimum atomic E-state index is -0.971. The number of ether oxygens (including phenoxy) is 1. The molecule has 0 radical (unpaired) electrons. The van der Waals surface area contributed by atoms with Crippen LogP contribution in [0.15, 0.2) is 48.5 Å². The SMILES string of the molecule is CC(OC(=O)c1ccc([N+](=O)[O-])cc1)C(=O)NC1CCCc2ccccc21. The van der Waals surface area contributed by atoms with E-state index < -0.39 is 17.0 Å². The highest BCUT2D eigenvalue weighted by atomic mass is 16.6. The van der Waals surface area contributed by atoms with E-state index in [1.807, 2.05) is 18.2 Å². The van der Waals surface area contributed by atoms with Gasteiger partial charge in [0.1, 0.15) is 0 Å². The molecule has 2 aromatic carbocycles. The molecule has 0 aromatic heterocycles. The maximum absolute atomic E-state index is 12.5. The number of nitro benzene ring substituents is 1. The molecule has 1 aliphatic carbocycles. The van der Waals surface area contributed by atoms with Gasteiger partial charge in [-0.05, 0) is 49.4 Å². The molecule has 0 fully saturated rings. The van der Waals surface area contributed by atoms with E-state index in [2.05, 4.69) is 11.4 Å². The first kappa shape index (κ1) is 18.6. The van der Waals surface area contributed by atoms with Crippen molar-refractivity contribution in [3.05, 3.63) is 75.3 Å². The van der Waals surface area contributed by atoms with E-state index in [-0.39, 0.29) is 23.2 Å². The molecular formula is C20H20N2O5. The Hall–Kier alpha value is -3.22. The van der Waals surface area contributed by atoms with Gasteiger partial charge < -0.3 is 10.1 Å². The van der Waals surface area contributed by atoms with Crippen molar-refractivity contribution >= 4 is 17.6 Å². The van der Waals surface area contributed by atoms with Crippen molar-refractivity contribution in [3.8, 4) is 0 Å². The van der Waals surface area contributed by atoms with Gasteiger partial charge in [-0.25, -0.2) is 4.79 Å². The highest BCUT2D eigenvalue weighted by molar-refractivity contribution is 5.92. The van der Waals surface area contributed by atoms with Gasteiger partial charge in [0.05, 0.1) is 16.5 Å². The zero-order valence-electron chi connectivity index (χ0n) is 14.9. The van der Waals surface area contributed by atoms with Crippen LogP contribution in [-0.4, -0.2) is 22.9 Å². The lowest BCUT2D eigenvalue weighted by Gasteiger charge is -2.27. The van der Waals surface area contributed by atoms with E-state index in [1.54, 1.807) is 0 Å². The molecule has 3 rings (SSSR count). The minimum absolute atomic E-state index is 0.0945. The number of carbonyl (C=O) groups excluding carboxylic acids is 2. The Bertz CT molecular complexity index is 863. The fraction of sp³-hybridized carbons (Fsp3) is 0.300. The van der Waals surface area contributed by atoms with Crippen LogP contribution in [0.5, 0.6) is 0 Å². The molecule has 1 N–H and O–H groups in total. The van der Waals surface area contributed by atoms with Gasteiger partial charge in [0.2, 0.25) is 0 Å². The smallest absolute Gasteiger partial charge is 0.338 e. The summed E-state index contributed by atoms with van der Waals surface area (Å²) in [6.07, 6.45) is 1.85. The largest absolute Gasteiger partial charge is 0.449 e. The highest BCUT2D eigenvalue weighted by Crippen LogP contribution is 2.29. The summed E-state index contributed by atoms with van der Waals surface area (Å²) in [5.74, 6) is -1.07. The van der Waals surface area contributed by atoms with E-state index in [4.69, 9.17) is 4.74 Å². The number of aryl methyl sites for hydroxylation is 1. The number of benzene rings is 2. The van der Waals surface area contributed by atoms with Crippen molar-refractivity contribution in [1.82, 2.24) is 5.32 Å². The van der Waals surface area contributed by atoms with Gasteiger partial charge in [0.25, 0.3) is 11.6 Å². The molecule has 0 saturated heterocycles. The van der Waals surface area contributed by atoms with E-state index in [9.17, 15) is 19.7 Å². The van der Waals surface area contributed by atoms with Crippen LogP contribution in [-0.2, 0) is 16.0 Å². The predicted octanol–water partition coefficient (Wildman–Crippen LogP) is 3.33. The zero-order chi connectivity index (χ0) is 19.4. The molecule has 2 unspecified atom stereocenters. The Balaban J connectivity index is 1.61.